The van der Waals surface area contributed by atoms with Crippen LogP contribution in [0.3, 0.4) is 0 Å². The van der Waals surface area contributed by atoms with Crippen molar-refractivity contribution in [3.8, 4) is 11.5 Å². The summed E-state index contributed by atoms with van der Waals surface area (Å²) in [6, 6.07) is 19.7. The molecule has 0 N–H and O–H groups in total. The molecule has 0 aliphatic carbocycles. The van der Waals surface area contributed by atoms with E-state index in [-0.39, 0.29) is 11.8 Å². The molecular formula is C23H21NO3S. The molecule has 28 heavy (non-hydrogen) atoms. The van der Waals surface area contributed by atoms with Crippen LogP contribution >= 0.6 is 11.8 Å². The Hall–Kier alpha value is -2.66. The third kappa shape index (κ3) is 3.10. The van der Waals surface area contributed by atoms with Crippen molar-refractivity contribution < 1.29 is 13.9 Å². The summed E-state index contributed by atoms with van der Waals surface area (Å²) in [7, 11) is 0. The number of amides is 1. The Morgan fingerprint density at radius 1 is 0.929 bits per heavy atom. The Kier molecular flexibility index (Phi) is 4.61. The van der Waals surface area contributed by atoms with E-state index in [1.165, 1.54) is 0 Å². The van der Waals surface area contributed by atoms with E-state index in [2.05, 4.69) is 0 Å². The third-order valence-electron chi connectivity index (χ3n) is 5.44. The molecule has 142 valence electrons. The Bertz CT molecular complexity index is 940. The molecule has 0 bridgehead atoms. The second-order valence-corrected chi connectivity index (χ2v) is 8.41. The smallest absolute Gasteiger partial charge is 0.234 e. The molecule has 4 nitrogen and oxygen atoms in total. The number of nitrogens with zero attached hydrogens (tertiary/aromatic N) is 1. The number of thioether (sulfide) groups is 1. The minimum atomic E-state index is -0.314. The molecule has 2 aliphatic heterocycles. The Balaban J connectivity index is 1.44. The molecule has 0 radical (unpaired) electrons. The zero-order valence-electron chi connectivity index (χ0n) is 15.4. The monoisotopic (exact) mass is 391 g/mol. The minimum absolute atomic E-state index is 0.156. The summed E-state index contributed by atoms with van der Waals surface area (Å²) in [5.41, 5.74) is 1.90. The number of hydrogen-bond acceptors (Lipinski definition) is 4. The molecule has 2 aromatic carbocycles. The molecule has 1 aromatic heterocycles. The molecule has 3 heterocycles. The van der Waals surface area contributed by atoms with Gasteiger partial charge in [-0.15, -0.1) is 11.8 Å². The summed E-state index contributed by atoms with van der Waals surface area (Å²) in [5.74, 6) is 3.30. The first kappa shape index (κ1) is 17.4. The lowest BCUT2D eigenvalue weighted by atomic mass is 9.86. The van der Waals surface area contributed by atoms with Crippen molar-refractivity contribution in [3.05, 3.63) is 83.8 Å². The summed E-state index contributed by atoms with van der Waals surface area (Å²) in [5, 5.41) is 0.307. The van der Waals surface area contributed by atoms with Gasteiger partial charge in [0.2, 0.25) is 5.91 Å². The minimum Gasteiger partial charge on any atom is -0.468 e. The van der Waals surface area contributed by atoms with Gasteiger partial charge in [-0.05, 0) is 30.7 Å². The van der Waals surface area contributed by atoms with Crippen molar-refractivity contribution in [1.29, 1.82) is 0 Å². The number of furan rings is 1. The van der Waals surface area contributed by atoms with Gasteiger partial charge in [0.1, 0.15) is 17.3 Å². The summed E-state index contributed by atoms with van der Waals surface area (Å²) in [4.78, 5) is 15.7. The summed E-state index contributed by atoms with van der Waals surface area (Å²) < 4.78 is 11.6. The van der Waals surface area contributed by atoms with Crippen LogP contribution in [0.25, 0.3) is 0 Å². The van der Waals surface area contributed by atoms with Crippen molar-refractivity contribution in [2.75, 3.05) is 18.8 Å². The molecule has 1 atom stereocenters. The molecule has 0 saturated carbocycles. The maximum absolute atomic E-state index is 13.7. The average molecular weight is 391 g/mol. The normalized spacial score (nSPS) is 19.3. The van der Waals surface area contributed by atoms with Crippen LogP contribution < -0.4 is 4.74 Å². The standard InChI is InChI=1S/C23H21NO3S/c25-23(24-12-11-21(28-15-13-24)20-10-5-14-26-20)22-16-6-1-3-8-18(16)27-19-9-4-2-7-17(19)22/h1-10,14,21-22H,11-13,15H2. The molecule has 2 aliphatic rings. The van der Waals surface area contributed by atoms with E-state index >= 15 is 0 Å². The predicted molar refractivity (Wildman–Crippen MR) is 110 cm³/mol. The topological polar surface area (TPSA) is 42.7 Å². The SMILES string of the molecule is O=C(C1c2ccccc2Oc2ccccc21)N1CCSC(c2ccco2)CC1. The zero-order chi connectivity index (χ0) is 18.9. The number of hydrogen-bond donors (Lipinski definition) is 0. The van der Waals surface area contributed by atoms with Gasteiger partial charge in [-0.25, -0.2) is 0 Å². The summed E-state index contributed by atoms with van der Waals surface area (Å²) in [6.45, 7) is 1.49. The fraction of sp³-hybridized carbons (Fsp3) is 0.261. The van der Waals surface area contributed by atoms with Gasteiger partial charge in [0.05, 0.1) is 17.4 Å². The molecular weight excluding hydrogens is 370 g/mol. The predicted octanol–water partition coefficient (Wildman–Crippen LogP) is 5.22. The Morgan fingerprint density at radius 3 is 2.32 bits per heavy atom. The van der Waals surface area contributed by atoms with Gasteiger partial charge >= 0.3 is 0 Å². The van der Waals surface area contributed by atoms with Crippen molar-refractivity contribution in [2.45, 2.75) is 17.6 Å². The highest BCUT2D eigenvalue weighted by atomic mass is 32.2. The van der Waals surface area contributed by atoms with Crippen molar-refractivity contribution in [3.63, 3.8) is 0 Å². The zero-order valence-corrected chi connectivity index (χ0v) is 16.2. The van der Waals surface area contributed by atoms with E-state index in [4.69, 9.17) is 9.15 Å². The van der Waals surface area contributed by atoms with Crippen LogP contribution in [-0.4, -0.2) is 29.6 Å². The fourth-order valence-corrected chi connectivity index (χ4v) is 5.23. The van der Waals surface area contributed by atoms with E-state index in [1.54, 1.807) is 6.26 Å². The quantitative estimate of drug-likeness (QED) is 0.600. The van der Waals surface area contributed by atoms with Gasteiger partial charge in [-0.1, -0.05) is 36.4 Å². The maximum atomic E-state index is 13.7. The second kappa shape index (κ2) is 7.40. The van der Waals surface area contributed by atoms with Gasteiger partial charge in [0.15, 0.2) is 0 Å². The molecule has 5 rings (SSSR count). The van der Waals surface area contributed by atoms with E-state index in [0.29, 0.717) is 5.25 Å². The average Bonchev–Trinajstić information content (AvgIpc) is 3.16. The van der Waals surface area contributed by atoms with E-state index in [1.807, 2.05) is 77.3 Å². The first-order chi connectivity index (χ1) is 13.8. The highest BCUT2D eigenvalue weighted by Gasteiger charge is 2.36. The number of benzene rings is 2. The number of carbonyl (C=O) groups is 1. The van der Waals surface area contributed by atoms with Crippen LogP contribution in [0.4, 0.5) is 0 Å². The molecule has 1 fully saturated rings. The molecule has 1 unspecified atom stereocenters. The van der Waals surface area contributed by atoms with Gasteiger partial charge in [0.25, 0.3) is 0 Å². The van der Waals surface area contributed by atoms with Gasteiger partial charge in [-0.3, -0.25) is 4.79 Å². The van der Waals surface area contributed by atoms with E-state index in [9.17, 15) is 4.79 Å². The summed E-state index contributed by atoms with van der Waals surface area (Å²) in [6.07, 6.45) is 2.62. The van der Waals surface area contributed by atoms with Crippen molar-refractivity contribution in [2.24, 2.45) is 0 Å². The van der Waals surface area contributed by atoms with Gasteiger partial charge in [0, 0.05) is 30.0 Å². The molecule has 3 aromatic rings. The van der Waals surface area contributed by atoms with E-state index in [0.717, 1.165) is 53.6 Å². The molecule has 5 heteroatoms. The Labute approximate surface area is 168 Å². The van der Waals surface area contributed by atoms with Crippen LogP contribution in [-0.2, 0) is 4.79 Å². The van der Waals surface area contributed by atoms with Crippen molar-refractivity contribution >= 4 is 17.7 Å². The molecule has 1 amide bonds. The molecule has 0 spiro atoms. The summed E-state index contributed by atoms with van der Waals surface area (Å²) >= 11 is 1.87. The fourth-order valence-electron chi connectivity index (χ4n) is 4.05. The van der Waals surface area contributed by atoms with Crippen LogP contribution in [0, 0.1) is 0 Å². The second-order valence-electron chi connectivity index (χ2n) is 7.10. The van der Waals surface area contributed by atoms with Gasteiger partial charge in [-0.2, -0.15) is 0 Å². The lowest BCUT2D eigenvalue weighted by Gasteiger charge is -2.31. The maximum Gasteiger partial charge on any atom is 0.234 e. The number of rotatable bonds is 2. The Morgan fingerprint density at radius 2 is 1.64 bits per heavy atom. The first-order valence-electron chi connectivity index (χ1n) is 9.61. The number of para-hydroxylation sites is 2. The highest BCUT2D eigenvalue weighted by Crippen LogP contribution is 2.45. The van der Waals surface area contributed by atoms with Gasteiger partial charge < -0.3 is 14.1 Å². The van der Waals surface area contributed by atoms with Crippen molar-refractivity contribution in [1.82, 2.24) is 4.90 Å². The molecule has 1 saturated heterocycles. The highest BCUT2D eigenvalue weighted by molar-refractivity contribution is 7.99. The third-order valence-corrected chi connectivity index (χ3v) is 6.73. The first-order valence-corrected chi connectivity index (χ1v) is 10.7. The van der Waals surface area contributed by atoms with Crippen LogP contribution in [0.2, 0.25) is 0 Å². The lowest BCUT2D eigenvalue weighted by molar-refractivity contribution is -0.131. The van der Waals surface area contributed by atoms with Crippen LogP contribution in [0.15, 0.2) is 71.3 Å². The van der Waals surface area contributed by atoms with Crippen LogP contribution in [0.1, 0.15) is 34.5 Å². The lowest BCUT2D eigenvalue weighted by Crippen LogP contribution is -2.38. The largest absolute Gasteiger partial charge is 0.468 e. The number of carbonyl (C=O) groups excluding carboxylic acids is 1. The van der Waals surface area contributed by atoms with Crippen LogP contribution in [0.5, 0.6) is 11.5 Å². The number of fused-ring (bicyclic) bond motifs is 2. The van der Waals surface area contributed by atoms with E-state index < -0.39 is 0 Å². The number of ether oxygens (including phenoxy) is 1.